The number of amides is 1. The first kappa shape index (κ1) is 22.9. The molecule has 4 heterocycles. The number of aryl methyl sites for hydroxylation is 2. The topological polar surface area (TPSA) is 127 Å². The van der Waals surface area contributed by atoms with Gasteiger partial charge in [-0.2, -0.15) is 0 Å². The predicted octanol–water partition coefficient (Wildman–Crippen LogP) is 2.51. The van der Waals surface area contributed by atoms with Crippen molar-refractivity contribution in [2.75, 3.05) is 12.4 Å². The van der Waals surface area contributed by atoms with Crippen LogP contribution in [0.3, 0.4) is 0 Å². The number of nitrogens with one attached hydrogen (secondary N) is 2. The number of fused-ring (bicyclic) bond motifs is 1. The monoisotopic (exact) mass is 473 g/mol. The van der Waals surface area contributed by atoms with Gasteiger partial charge in [-0.3, -0.25) is 14.3 Å². The lowest BCUT2D eigenvalue weighted by atomic mass is 10.1. The lowest BCUT2D eigenvalue weighted by molar-refractivity contribution is -0.137. The molecule has 180 valence electrons. The number of aliphatic hydroxyl groups is 1. The van der Waals surface area contributed by atoms with Crippen LogP contribution in [-0.2, 0) is 16.1 Å². The number of anilines is 1. The van der Waals surface area contributed by atoms with Gasteiger partial charge in [-0.05, 0) is 31.5 Å². The third-order valence-corrected chi connectivity index (χ3v) is 6.10. The van der Waals surface area contributed by atoms with E-state index in [4.69, 9.17) is 14.7 Å². The van der Waals surface area contributed by atoms with Crippen LogP contribution in [0.15, 0.2) is 48.8 Å². The van der Waals surface area contributed by atoms with Gasteiger partial charge < -0.3 is 20.5 Å². The molecule has 1 aromatic carbocycles. The summed E-state index contributed by atoms with van der Waals surface area (Å²) in [5, 5.41) is 16.3. The Morgan fingerprint density at radius 3 is 2.69 bits per heavy atom. The van der Waals surface area contributed by atoms with E-state index in [0.29, 0.717) is 29.4 Å². The molecule has 5 rings (SSSR count). The van der Waals surface area contributed by atoms with Crippen molar-refractivity contribution in [3.05, 3.63) is 65.7 Å². The van der Waals surface area contributed by atoms with E-state index in [9.17, 15) is 9.90 Å². The standard InChI is InChI=1S/C25H27N7O3/c1-14-9-10-17(15(2)29-14)22-30-23(27-12-16-7-5-4-6-8-16)20-24(31-22)32(13-28-20)19-11-18(33)21(35-19)25(34)26-3/h4-10,13,18-19,21,33H,11-12H2,1-3H3,(H,26,34)(H,27,30,31)/t18-,19+,21-/m0/s1. The van der Waals surface area contributed by atoms with Crippen molar-refractivity contribution in [3.63, 3.8) is 0 Å². The molecule has 10 nitrogen and oxygen atoms in total. The maximum Gasteiger partial charge on any atom is 0.251 e. The zero-order chi connectivity index (χ0) is 24.5. The number of carbonyl (C=O) groups is 1. The second kappa shape index (κ2) is 9.40. The summed E-state index contributed by atoms with van der Waals surface area (Å²) in [6.07, 6.45) is -0.637. The summed E-state index contributed by atoms with van der Waals surface area (Å²) >= 11 is 0. The maximum atomic E-state index is 12.1. The SMILES string of the molecule is CNC(=O)[C@H]1O[C@@H](n2cnc3c(NCc4ccccc4)nc(-c4ccc(C)nc4C)nc32)C[C@@H]1O. The van der Waals surface area contributed by atoms with Crippen LogP contribution in [0.1, 0.15) is 29.6 Å². The summed E-state index contributed by atoms with van der Waals surface area (Å²) < 4.78 is 7.65. The first-order valence-electron chi connectivity index (χ1n) is 11.5. The van der Waals surface area contributed by atoms with Crippen LogP contribution < -0.4 is 10.6 Å². The summed E-state index contributed by atoms with van der Waals surface area (Å²) in [7, 11) is 1.51. The molecule has 0 unspecified atom stereocenters. The number of likely N-dealkylation sites (N-methyl/N-ethyl adjacent to an activating group) is 1. The lowest BCUT2D eigenvalue weighted by Crippen LogP contribution is -2.38. The van der Waals surface area contributed by atoms with Gasteiger partial charge in [-0.1, -0.05) is 30.3 Å². The molecular formula is C25H27N7O3. The lowest BCUT2D eigenvalue weighted by Gasteiger charge is -2.15. The molecule has 3 aromatic heterocycles. The molecule has 10 heteroatoms. The zero-order valence-electron chi connectivity index (χ0n) is 19.8. The summed E-state index contributed by atoms with van der Waals surface area (Å²) in [6.45, 7) is 4.42. The fraction of sp³-hybridized carbons (Fsp3) is 0.320. The van der Waals surface area contributed by atoms with Crippen molar-refractivity contribution < 1.29 is 14.6 Å². The van der Waals surface area contributed by atoms with Crippen molar-refractivity contribution in [2.45, 2.75) is 45.2 Å². The van der Waals surface area contributed by atoms with Gasteiger partial charge in [0.05, 0.1) is 12.4 Å². The Morgan fingerprint density at radius 2 is 1.94 bits per heavy atom. The predicted molar refractivity (Wildman–Crippen MR) is 130 cm³/mol. The van der Waals surface area contributed by atoms with E-state index >= 15 is 0 Å². The van der Waals surface area contributed by atoms with E-state index in [2.05, 4.69) is 20.6 Å². The van der Waals surface area contributed by atoms with Gasteiger partial charge in [0.1, 0.15) is 6.23 Å². The van der Waals surface area contributed by atoms with E-state index in [-0.39, 0.29) is 12.3 Å². The molecular weight excluding hydrogens is 446 g/mol. The number of pyridine rings is 1. The minimum Gasteiger partial charge on any atom is -0.390 e. The van der Waals surface area contributed by atoms with E-state index in [1.165, 1.54) is 7.05 Å². The van der Waals surface area contributed by atoms with Crippen molar-refractivity contribution in [1.29, 1.82) is 0 Å². The molecule has 1 fully saturated rings. The Hall–Kier alpha value is -3.89. The van der Waals surface area contributed by atoms with Gasteiger partial charge in [0.15, 0.2) is 28.9 Å². The number of ether oxygens (including phenoxy) is 1. The smallest absolute Gasteiger partial charge is 0.251 e. The normalized spacial score (nSPS) is 19.7. The second-order valence-electron chi connectivity index (χ2n) is 8.57. The van der Waals surface area contributed by atoms with E-state index in [0.717, 1.165) is 22.5 Å². The van der Waals surface area contributed by atoms with E-state index in [1.54, 1.807) is 10.9 Å². The fourth-order valence-electron chi connectivity index (χ4n) is 4.28. The van der Waals surface area contributed by atoms with Gasteiger partial charge in [0.2, 0.25) is 0 Å². The van der Waals surface area contributed by atoms with Crippen LogP contribution in [0.2, 0.25) is 0 Å². The van der Waals surface area contributed by atoms with E-state index in [1.807, 2.05) is 56.3 Å². The molecule has 1 aliphatic heterocycles. The Balaban J connectivity index is 1.58. The Bertz CT molecular complexity index is 1370. The molecule has 0 bridgehead atoms. The third kappa shape index (κ3) is 4.45. The van der Waals surface area contributed by atoms with Gasteiger partial charge in [-0.25, -0.2) is 15.0 Å². The Labute approximate surface area is 202 Å². The van der Waals surface area contributed by atoms with E-state index < -0.39 is 18.4 Å². The van der Waals surface area contributed by atoms with Crippen molar-refractivity contribution in [1.82, 2.24) is 29.8 Å². The minimum absolute atomic E-state index is 0.237. The molecule has 3 atom stereocenters. The van der Waals surface area contributed by atoms with Crippen LogP contribution in [-0.4, -0.2) is 54.8 Å². The van der Waals surface area contributed by atoms with Crippen molar-refractivity contribution in [3.8, 4) is 11.4 Å². The summed E-state index contributed by atoms with van der Waals surface area (Å²) in [5.74, 6) is 0.710. The zero-order valence-corrected chi connectivity index (χ0v) is 19.8. The largest absolute Gasteiger partial charge is 0.390 e. The molecule has 0 radical (unpaired) electrons. The molecule has 1 amide bonds. The molecule has 1 aliphatic rings. The highest BCUT2D eigenvalue weighted by atomic mass is 16.5. The number of hydrogen-bond acceptors (Lipinski definition) is 8. The van der Waals surface area contributed by atoms with Crippen molar-refractivity contribution in [2.24, 2.45) is 0 Å². The van der Waals surface area contributed by atoms with Crippen molar-refractivity contribution >= 4 is 22.9 Å². The quantitative estimate of drug-likeness (QED) is 0.390. The molecule has 1 saturated heterocycles. The van der Waals surface area contributed by atoms with Crippen LogP contribution in [0.25, 0.3) is 22.6 Å². The molecule has 0 saturated carbocycles. The molecule has 0 aliphatic carbocycles. The summed E-state index contributed by atoms with van der Waals surface area (Å²) in [6, 6.07) is 13.9. The van der Waals surface area contributed by atoms with Crippen LogP contribution in [0.5, 0.6) is 0 Å². The first-order valence-corrected chi connectivity index (χ1v) is 11.5. The number of nitrogens with zero attached hydrogens (tertiary/aromatic N) is 5. The number of hydrogen-bond donors (Lipinski definition) is 3. The first-order chi connectivity index (χ1) is 16.9. The number of imidazole rings is 1. The van der Waals surface area contributed by atoms with Gasteiger partial charge >= 0.3 is 0 Å². The molecule has 35 heavy (non-hydrogen) atoms. The van der Waals surface area contributed by atoms with Crippen LogP contribution in [0.4, 0.5) is 5.82 Å². The molecule has 0 spiro atoms. The highest BCUT2D eigenvalue weighted by Gasteiger charge is 2.40. The number of benzene rings is 1. The minimum atomic E-state index is -0.956. The number of rotatable bonds is 6. The highest BCUT2D eigenvalue weighted by Crippen LogP contribution is 2.33. The Morgan fingerprint density at radius 1 is 1.14 bits per heavy atom. The third-order valence-electron chi connectivity index (χ3n) is 6.10. The average Bonchev–Trinajstić information content (AvgIpc) is 3.46. The number of aromatic nitrogens is 5. The van der Waals surface area contributed by atoms with Crippen LogP contribution >= 0.6 is 0 Å². The summed E-state index contributed by atoms with van der Waals surface area (Å²) in [4.78, 5) is 30.9. The van der Waals surface area contributed by atoms with Gasteiger partial charge in [0, 0.05) is 37.0 Å². The van der Waals surface area contributed by atoms with Crippen LogP contribution in [0, 0.1) is 13.8 Å². The molecule has 4 aromatic rings. The maximum absolute atomic E-state index is 12.1. The Kier molecular flexibility index (Phi) is 6.14. The number of aliphatic hydroxyl groups excluding tert-OH is 1. The number of carbonyl (C=O) groups excluding carboxylic acids is 1. The molecule has 3 N–H and O–H groups in total. The summed E-state index contributed by atoms with van der Waals surface area (Å²) in [5.41, 5.74) is 4.75. The second-order valence-corrected chi connectivity index (χ2v) is 8.57. The fourth-order valence-corrected chi connectivity index (χ4v) is 4.28. The van der Waals surface area contributed by atoms with Gasteiger partial charge in [0.25, 0.3) is 5.91 Å². The average molecular weight is 474 g/mol. The van der Waals surface area contributed by atoms with Gasteiger partial charge in [-0.15, -0.1) is 0 Å². The highest BCUT2D eigenvalue weighted by molar-refractivity contribution is 5.85.